The van der Waals surface area contributed by atoms with Crippen LogP contribution < -0.4 is 0 Å². The molecule has 1 amide bonds. The Hall–Kier alpha value is -0.570. The third-order valence-electron chi connectivity index (χ3n) is 3.55. The van der Waals surface area contributed by atoms with Crippen molar-refractivity contribution in [3.05, 3.63) is 0 Å². The number of aliphatic hydroxyl groups is 1. The molecule has 1 N–H and O–H groups in total. The molecule has 1 saturated carbocycles. The van der Waals surface area contributed by atoms with E-state index in [2.05, 4.69) is 0 Å². The van der Waals surface area contributed by atoms with Gasteiger partial charge in [0.25, 0.3) is 0 Å². The summed E-state index contributed by atoms with van der Waals surface area (Å²) in [4.78, 5) is 13.6. The summed E-state index contributed by atoms with van der Waals surface area (Å²) in [7, 11) is 0. The van der Waals surface area contributed by atoms with Crippen LogP contribution in [0.3, 0.4) is 0 Å². The Balaban J connectivity index is 1.86. The average Bonchev–Trinajstić information content (AvgIpc) is 2.90. The summed E-state index contributed by atoms with van der Waals surface area (Å²) in [5.74, 6) is 0.320. The molecule has 1 aliphatic carbocycles. The minimum absolute atomic E-state index is 0.266. The Labute approximate surface area is 85.1 Å². The molecule has 2 rings (SSSR count). The number of hydrogen-bond donors (Lipinski definition) is 1. The molecule has 1 saturated heterocycles. The Morgan fingerprint density at radius 2 is 2.14 bits per heavy atom. The highest BCUT2D eigenvalue weighted by molar-refractivity contribution is 5.76. The Morgan fingerprint density at radius 3 is 2.71 bits per heavy atom. The maximum atomic E-state index is 11.6. The van der Waals surface area contributed by atoms with E-state index in [9.17, 15) is 4.79 Å². The predicted octanol–water partition coefficient (Wildman–Crippen LogP) is 1.16. The number of piperidine rings is 1. The highest BCUT2D eigenvalue weighted by Gasteiger charge is 2.44. The molecular weight excluding hydrogens is 178 g/mol. The number of carbonyl (C=O) groups is 1. The summed E-state index contributed by atoms with van der Waals surface area (Å²) in [5.41, 5.74) is 0.293. The smallest absolute Gasteiger partial charge is 0.222 e. The fraction of sp³-hybridized carbons (Fsp3) is 0.909. The first-order valence-electron chi connectivity index (χ1n) is 5.64. The minimum Gasteiger partial charge on any atom is -0.396 e. The van der Waals surface area contributed by atoms with Gasteiger partial charge in [0, 0.05) is 26.1 Å². The van der Waals surface area contributed by atoms with Gasteiger partial charge in [-0.25, -0.2) is 0 Å². The van der Waals surface area contributed by atoms with E-state index in [1.54, 1.807) is 0 Å². The number of aliphatic hydroxyl groups excluding tert-OH is 1. The standard InChI is InChI=1S/C11H19NO2/c13-8-6-11(4-5-11)9-12-7-2-1-3-10(12)14/h13H,1-9H2. The zero-order valence-corrected chi connectivity index (χ0v) is 8.67. The summed E-state index contributed by atoms with van der Waals surface area (Å²) in [6.45, 7) is 2.10. The van der Waals surface area contributed by atoms with Crippen molar-refractivity contribution in [2.24, 2.45) is 5.41 Å². The van der Waals surface area contributed by atoms with Crippen LogP contribution in [0.15, 0.2) is 0 Å². The van der Waals surface area contributed by atoms with Crippen molar-refractivity contribution in [1.82, 2.24) is 4.90 Å². The van der Waals surface area contributed by atoms with Crippen molar-refractivity contribution in [1.29, 1.82) is 0 Å². The van der Waals surface area contributed by atoms with Crippen molar-refractivity contribution < 1.29 is 9.90 Å². The Morgan fingerprint density at radius 1 is 1.36 bits per heavy atom. The summed E-state index contributed by atoms with van der Waals surface area (Å²) < 4.78 is 0. The van der Waals surface area contributed by atoms with Crippen molar-refractivity contribution in [2.45, 2.75) is 38.5 Å². The van der Waals surface area contributed by atoms with Gasteiger partial charge in [-0.2, -0.15) is 0 Å². The molecule has 0 radical (unpaired) electrons. The number of likely N-dealkylation sites (tertiary alicyclic amines) is 1. The average molecular weight is 197 g/mol. The molecule has 80 valence electrons. The first kappa shape index (κ1) is 9.97. The third-order valence-corrected chi connectivity index (χ3v) is 3.55. The highest BCUT2D eigenvalue weighted by Crippen LogP contribution is 2.49. The van der Waals surface area contributed by atoms with E-state index in [-0.39, 0.29) is 6.61 Å². The number of carbonyl (C=O) groups excluding carboxylic acids is 1. The van der Waals surface area contributed by atoms with Gasteiger partial charge in [0.15, 0.2) is 0 Å². The second-order valence-electron chi connectivity index (χ2n) is 4.75. The summed E-state index contributed by atoms with van der Waals surface area (Å²) in [6.07, 6.45) is 6.20. The molecule has 3 nitrogen and oxygen atoms in total. The maximum absolute atomic E-state index is 11.6. The van der Waals surface area contributed by atoms with E-state index in [0.29, 0.717) is 11.3 Å². The van der Waals surface area contributed by atoms with Crippen LogP contribution in [-0.2, 0) is 4.79 Å². The largest absolute Gasteiger partial charge is 0.396 e. The topological polar surface area (TPSA) is 40.5 Å². The molecule has 0 aromatic carbocycles. The molecule has 0 spiro atoms. The number of rotatable bonds is 4. The summed E-state index contributed by atoms with van der Waals surface area (Å²) in [6, 6.07) is 0. The van der Waals surface area contributed by atoms with Crippen LogP contribution in [0.4, 0.5) is 0 Å². The van der Waals surface area contributed by atoms with Crippen molar-refractivity contribution in [2.75, 3.05) is 19.7 Å². The van der Waals surface area contributed by atoms with Gasteiger partial charge < -0.3 is 10.0 Å². The zero-order valence-electron chi connectivity index (χ0n) is 8.67. The molecular formula is C11H19NO2. The highest BCUT2D eigenvalue weighted by atomic mass is 16.3. The van der Waals surface area contributed by atoms with E-state index in [1.165, 1.54) is 12.8 Å². The molecule has 2 fully saturated rings. The fourth-order valence-electron chi connectivity index (χ4n) is 2.33. The molecule has 0 aromatic heterocycles. The monoisotopic (exact) mass is 197 g/mol. The number of nitrogens with zero attached hydrogens (tertiary/aromatic N) is 1. The van der Waals surface area contributed by atoms with Gasteiger partial charge in [-0.1, -0.05) is 0 Å². The molecule has 0 bridgehead atoms. The summed E-state index contributed by atoms with van der Waals surface area (Å²) in [5, 5.41) is 8.93. The maximum Gasteiger partial charge on any atom is 0.222 e. The fourth-order valence-corrected chi connectivity index (χ4v) is 2.33. The minimum atomic E-state index is 0.266. The lowest BCUT2D eigenvalue weighted by Crippen LogP contribution is -2.39. The molecule has 14 heavy (non-hydrogen) atoms. The Bertz CT molecular complexity index is 223. The quantitative estimate of drug-likeness (QED) is 0.734. The van der Waals surface area contributed by atoms with E-state index in [4.69, 9.17) is 5.11 Å². The van der Waals surface area contributed by atoms with Crippen LogP contribution in [0.25, 0.3) is 0 Å². The van der Waals surface area contributed by atoms with Crippen molar-refractivity contribution >= 4 is 5.91 Å². The molecule has 3 heteroatoms. The van der Waals surface area contributed by atoms with Crippen molar-refractivity contribution in [3.8, 4) is 0 Å². The second-order valence-corrected chi connectivity index (χ2v) is 4.75. The van der Waals surface area contributed by atoms with Gasteiger partial charge in [0.05, 0.1) is 0 Å². The second kappa shape index (κ2) is 3.89. The SMILES string of the molecule is O=C1CCCCN1CC1(CCO)CC1. The van der Waals surface area contributed by atoms with Gasteiger partial charge in [0.1, 0.15) is 0 Å². The molecule has 0 atom stereocenters. The molecule has 0 unspecified atom stereocenters. The van der Waals surface area contributed by atoms with Gasteiger partial charge in [0.2, 0.25) is 5.91 Å². The van der Waals surface area contributed by atoms with E-state index < -0.39 is 0 Å². The zero-order chi connectivity index (χ0) is 10.0. The van der Waals surface area contributed by atoms with Crippen LogP contribution >= 0.6 is 0 Å². The van der Waals surface area contributed by atoms with Crippen LogP contribution in [0.1, 0.15) is 38.5 Å². The normalized spacial score (nSPS) is 25.2. The lowest BCUT2D eigenvalue weighted by Gasteiger charge is -2.30. The number of amides is 1. The van der Waals surface area contributed by atoms with Crippen LogP contribution in [-0.4, -0.2) is 35.6 Å². The molecule has 1 heterocycles. The van der Waals surface area contributed by atoms with Gasteiger partial charge >= 0.3 is 0 Å². The predicted molar refractivity (Wildman–Crippen MR) is 53.8 cm³/mol. The van der Waals surface area contributed by atoms with Crippen molar-refractivity contribution in [3.63, 3.8) is 0 Å². The third kappa shape index (κ3) is 2.08. The van der Waals surface area contributed by atoms with E-state index in [0.717, 1.165) is 38.8 Å². The molecule has 2 aliphatic rings. The van der Waals surface area contributed by atoms with Gasteiger partial charge in [-0.05, 0) is 37.5 Å². The lowest BCUT2D eigenvalue weighted by molar-refractivity contribution is -0.134. The molecule has 0 aromatic rings. The Kier molecular flexibility index (Phi) is 2.77. The van der Waals surface area contributed by atoms with E-state index in [1.807, 2.05) is 4.90 Å². The first-order chi connectivity index (χ1) is 6.76. The van der Waals surface area contributed by atoms with Crippen LogP contribution in [0, 0.1) is 5.41 Å². The van der Waals surface area contributed by atoms with E-state index >= 15 is 0 Å². The van der Waals surface area contributed by atoms with Gasteiger partial charge in [-0.3, -0.25) is 4.79 Å². The van der Waals surface area contributed by atoms with Crippen LogP contribution in [0.5, 0.6) is 0 Å². The molecule has 1 aliphatic heterocycles. The lowest BCUT2D eigenvalue weighted by atomic mass is 10.0. The van der Waals surface area contributed by atoms with Crippen LogP contribution in [0.2, 0.25) is 0 Å². The van der Waals surface area contributed by atoms with Gasteiger partial charge in [-0.15, -0.1) is 0 Å². The summed E-state index contributed by atoms with van der Waals surface area (Å²) >= 11 is 0. The number of hydrogen-bond acceptors (Lipinski definition) is 2. The first-order valence-corrected chi connectivity index (χ1v) is 5.64.